The molecule has 1 aliphatic carbocycles. The number of aromatic nitrogens is 2. The molecule has 3 aliphatic rings. The van der Waals surface area contributed by atoms with Crippen LogP contribution in [0.4, 0.5) is 5.82 Å². The second-order valence-electron chi connectivity index (χ2n) is 8.41. The predicted octanol–water partition coefficient (Wildman–Crippen LogP) is 4.77. The lowest BCUT2D eigenvalue weighted by Gasteiger charge is -2.25. The van der Waals surface area contributed by atoms with Crippen molar-refractivity contribution in [2.24, 2.45) is 0 Å². The van der Waals surface area contributed by atoms with Crippen LogP contribution in [0.25, 0.3) is 0 Å². The Bertz CT molecular complexity index is 852. The van der Waals surface area contributed by atoms with Crippen LogP contribution in [0.15, 0.2) is 17.6 Å². The number of pyridine rings is 1. The molecular weight excluding hydrogens is 368 g/mol. The Morgan fingerprint density at radius 2 is 1.89 bits per heavy atom. The van der Waals surface area contributed by atoms with Crippen molar-refractivity contribution in [3.8, 4) is 0 Å². The summed E-state index contributed by atoms with van der Waals surface area (Å²) in [6, 6.07) is 2.36. The number of nitrogens with zero attached hydrogens (tertiary/aromatic N) is 3. The number of thiazole rings is 1. The molecule has 5 rings (SSSR count). The summed E-state index contributed by atoms with van der Waals surface area (Å²) in [5.74, 6) is 1.95. The average molecular weight is 397 g/mol. The minimum absolute atomic E-state index is 0.108. The molecule has 1 saturated heterocycles. The maximum atomic E-state index is 12.8. The van der Waals surface area contributed by atoms with Gasteiger partial charge in [0.1, 0.15) is 5.82 Å². The summed E-state index contributed by atoms with van der Waals surface area (Å²) in [6.07, 6.45) is 12.1. The second kappa shape index (κ2) is 7.82. The molecule has 148 valence electrons. The van der Waals surface area contributed by atoms with Crippen molar-refractivity contribution in [3.63, 3.8) is 0 Å². The number of fused-ring (bicyclic) bond motifs is 1. The molecule has 2 aromatic rings. The molecule has 1 unspecified atom stereocenters. The van der Waals surface area contributed by atoms with Crippen LogP contribution >= 0.6 is 11.3 Å². The summed E-state index contributed by atoms with van der Waals surface area (Å²) < 4.78 is 0. The summed E-state index contributed by atoms with van der Waals surface area (Å²) in [5, 5.41) is 6.15. The van der Waals surface area contributed by atoms with Crippen LogP contribution in [0.5, 0.6) is 0 Å². The van der Waals surface area contributed by atoms with Crippen molar-refractivity contribution in [2.75, 3.05) is 25.0 Å². The van der Waals surface area contributed by atoms with Gasteiger partial charge in [0.05, 0.1) is 5.69 Å². The van der Waals surface area contributed by atoms with Crippen molar-refractivity contribution in [3.05, 3.63) is 39.5 Å². The van der Waals surface area contributed by atoms with Crippen LogP contribution in [-0.4, -0.2) is 40.4 Å². The fraction of sp³-hybridized carbons (Fsp3) is 0.591. The minimum atomic E-state index is 0.108. The first-order chi connectivity index (χ1) is 13.8. The molecule has 6 heteroatoms. The Morgan fingerprint density at radius 1 is 1.11 bits per heavy atom. The topological polar surface area (TPSA) is 58.1 Å². The van der Waals surface area contributed by atoms with Gasteiger partial charge in [0.25, 0.3) is 5.91 Å². The zero-order valence-electron chi connectivity index (χ0n) is 16.3. The normalized spacial score (nSPS) is 22.7. The summed E-state index contributed by atoms with van der Waals surface area (Å²) in [7, 11) is 0. The van der Waals surface area contributed by atoms with E-state index in [-0.39, 0.29) is 11.8 Å². The molecule has 2 aliphatic heterocycles. The number of hydrogen-bond donors (Lipinski definition) is 1. The third kappa shape index (κ3) is 3.43. The standard InChI is InChI=1S/C22H28N4OS/c27-22(26-9-5-2-6-10-26)21-25-19(14-28-21)18-13-24-20-17(18)11-16(12-23-20)15-7-3-1-4-8-15/h11-12,14-15,18H,1-10,13H2,(H,23,24). The lowest BCUT2D eigenvalue weighted by atomic mass is 9.84. The van der Waals surface area contributed by atoms with Gasteiger partial charge in [-0.25, -0.2) is 9.97 Å². The largest absolute Gasteiger partial charge is 0.369 e. The van der Waals surface area contributed by atoms with E-state index in [1.807, 2.05) is 4.90 Å². The van der Waals surface area contributed by atoms with Gasteiger partial charge >= 0.3 is 0 Å². The minimum Gasteiger partial charge on any atom is -0.369 e. The quantitative estimate of drug-likeness (QED) is 0.812. The number of piperidine rings is 1. The van der Waals surface area contributed by atoms with E-state index in [4.69, 9.17) is 9.97 Å². The molecule has 2 fully saturated rings. The van der Waals surface area contributed by atoms with E-state index in [1.54, 1.807) is 0 Å². The molecule has 1 atom stereocenters. The first kappa shape index (κ1) is 18.1. The molecule has 0 spiro atoms. The van der Waals surface area contributed by atoms with Gasteiger partial charge in [-0.2, -0.15) is 0 Å². The monoisotopic (exact) mass is 396 g/mol. The lowest BCUT2D eigenvalue weighted by Crippen LogP contribution is -2.35. The van der Waals surface area contributed by atoms with Gasteiger partial charge in [-0.05, 0) is 49.7 Å². The third-order valence-corrected chi connectivity index (χ3v) is 7.42. The van der Waals surface area contributed by atoms with E-state index in [1.165, 1.54) is 61.0 Å². The molecular formula is C22H28N4OS. The number of carbonyl (C=O) groups excluding carboxylic acids is 1. The summed E-state index contributed by atoms with van der Waals surface area (Å²) >= 11 is 1.49. The fourth-order valence-corrected chi connectivity index (χ4v) is 5.76. The van der Waals surface area contributed by atoms with Crippen LogP contribution in [0, 0.1) is 0 Å². The highest BCUT2D eigenvalue weighted by Crippen LogP contribution is 2.39. The molecule has 1 N–H and O–H groups in total. The van der Waals surface area contributed by atoms with Crippen molar-refractivity contribution in [1.29, 1.82) is 0 Å². The fourth-order valence-electron chi connectivity index (χ4n) is 4.92. The maximum Gasteiger partial charge on any atom is 0.282 e. The molecule has 0 radical (unpaired) electrons. The first-order valence-electron chi connectivity index (χ1n) is 10.8. The number of likely N-dealkylation sites (tertiary alicyclic amines) is 1. The number of nitrogens with one attached hydrogen (secondary N) is 1. The number of carbonyl (C=O) groups is 1. The molecule has 5 nitrogen and oxygen atoms in total. The van der Waals surface area contributed by atoms with Gasteiger partial charge in [0.15, 0.2) is 5.01 Å². The number of hydrogen-bond acceptors (Lipinski definition) is 5. The Labute approximate surface area is 170 Å². The van der Waals surface area contributed by atoms with E-state index in [9.17, 15) is 4.79 Å². The highest BCUT2D eigenvalue weighted by molar-refractivity contribution is 7.11. The Kier molecular flexibility index (Phi) is 5.05. The molecule has 4 heterocycles. The van der Waals surface area contributed by atoms with Gasteiger partial charge in [0.2, 0.25) is 0 Å². The van der Waals surface area contributed by atoms with Crippen LogP contribution in [-0.2, 0) is 0 Å². The molecule has 0 aromatic carbocycles. The molecule has 2 aromatic heterocycles. The zero-order valence-corrected chi connectivity index (χ0v) is 17.1. The molecule has 1 amide bonds. The summed E-state index contributed by atoms with van der Waals surface area (Å²) in [4.78, 5) is 24.2. The third-order valence-electron chi connectivity index (χ3n) is 6.57. The first-order valence-corrected chi connectivity index (χ1v) is 11.7. The number of anilines is 1. The van der Waals surface area contributed by atoms with Crippen LogP contribution < -0.4 is 5.32 Å². The summed E-state index contributed by atoms with van der Waals surface area (Å²) in [5.41, 5.74) is 3.65. The van der Waals surface area contributed by atoms with E-state index < -0.39 is 0 Å². The maximum absolute atomic E-state index is 12.8. The highest BCUT2D eigenvalue weighted by atomic mass is 32.1. The van der Waals surface area contributed by atoms with Crippen LogP contribution in [0.3, 0.4) is 0 Å². The second-order valence-corrected chi connectivity index (χ2v) is 9.26. The predicted molar refractivity (Wildman–Crippen MR) is 112 cm³/mol. The van der Waals surface area contributed by atoms with Gasteiger partial charge in [-0.15, -0.1) is 11.3 Å². The summed E-state index contributed by atoms with van der Waals surface area (Å²) in [6.45, 7) is 2.56. The van der Waals surface area contributed by atoms with Crippen molar-refractivity contribution in [2.45, 2.75) is 63.2 Å². The van der Waals surface area contributed by atoms with Gasteiger partial charge in [0, 0.05) is 42.7 Å². The molecule has 0 bridgehead atoms. The Morgan fingerprint density at radius 3 is 2.71 bits per heavy atom. The highest BCUT2D eigenvalue weighted by Gasteiger charge is 2.30. The van der Waals surface area contributed by atoms with Crippen LogP contribution in [0.1, 0.15) is 89.8 Å². The number of rotatable bonds is 3. The van der Waals surface area contributed by atoms with Crippen molar-refractivity contribution >= 4 is 23.1 Å². The Balaban J connectivity index is 1.37. The zero-order chi connectivity index (χ0) is 18.9. The number of amides is 1. The van der Waals surface area contributed by atoms with E-state index in [0.717, 1.165) is 44.0 Å². The average Bonchev–Trinajstić information content (AvgIpc) is 3.41. The van der Waals surface area contributed by atoms with E-state index in [0.29, 0.717) is 10.9 Å². The van der Waals surface area contributed by atoms with Crippen LogP contribution in [0.2, 0.25) is 0 Å². The van der Waals surface area contributed by atoms with E-state index >= 15 is 0 Å². The molecule has 28 heavy (non-hydrogen) atoms. The van der Waals surface area contributed by atoms with Gasteiger partial charge < -0.3 is 10.2 Å². The van der Waals surface area contributed by atoms with Crippen molar-refractivity contribution in [1.82, 2.24) is 14.9 Å². The Hall–Kier alpha value is -1.95. The lowest BCUT2D eigenvalue weighted by molar-refractivity contribution is 0.0723. The van der Waals surface area contributed by atoms with Gasteiger partial charge in [-0.3, -0.25) is 4.79 Å². The van der Waals surface area contributed by atoms with Crippen molar-refractivity contribution < 1.29 is 4.79 Å². The SMILES string of the molecule is O=C(c1nc(C2CNc3ncc(C4CCCCC4)cc32)cs1)N1CCCCC1. The smallest absolute Gasteiger partial charge is 0.282 e. The molecule has 1 saturated carbocycles. The van der Waals surface area contributed by atoms with Gasteiger partial charge in [-0.1, -0.05) is 19.3 Å². The van der Waals surface area contributed by atoms with E-state index in [2.05, 4.69) is 23.0 Å².